The Bertz CT molecular complexity index is 532. The minimum atomic E-state index is -4.36. The van der Waals surface area contributed by atoms with Crippen molar-refractivity contribution in [2.24, 2.45) is 0 Å². The van der Waals surface area contributed by atoms with Crippen LogP contribution in [0.2, 0.25) is 0 Å². The third-order valence-electron chi connectivity index (χ3n) is 4.09. The fourth-order valence-corrected chi connectivity index (χ4v) is 2.65. The number of benzene rings is 1. The topological polar surface area (TPSA) is 36.0 Å². The molecule has 1 aliphatic heterocycles. The largest absolute Gasteiger partial charge is 0.492 e. The highest BCUT2D eigenvalue weighted by atomic mass is 19.4. The fourth-order valence-electron chi connectivity index (χ4n) is 2.65. The standard InChI is InChI=1S/C17H24F3N3O2/c1-21(14-17(18,19)20)16(24)13-23-9-7-22(8-10-23)11-12-25-15-5-3-2-4-6-15/h2-6H,7-14H2,1H3. The van der Waals surface area contributed by atoms with Gasteiger partial charge in [-0.15, -0.1) is 0 Å². The van der Waals surface area contributed by atoms with Gasteiger partial charge in [-0.2, -0.15) is 13.2 Å². The summed E-state index contributed by atoms with van der Waals surface area (Å²) in [7, 11) is 1.19. The second-order valence-corrected chi connectivity index (χ2v) is 6.14. The number of amides is 1. The Morgan fingerprint density at radius 1 is 1.12 bits per heavy atom. The lowest BCUT2D eigenvalue weighted by Gasteiger charge is -2.34. The summed E-state index contributed by atoms with van der Waals surface area (Å²) in [6.45, 7) is 3.06. The number of ether oxygens (including phenoxy) is 1. The van der Waals surface area contributed by atoms with Crippen LogP contribution >= 0.6 is 0 Å². The van der Waals surface area contributed by atoms with Gasteiger partial charge in [0.1, 0.15) is 18.9 Å². The Balaban J connectivity index is 1.63. The third kappa shape index (κ3) is 7.31. The lowest BCUT2D eigenvalue weighted by atomic mass is 10.3. The van der Waals surface area contributed by atoms with Gasteiger partial charge in [0.15, 0.2) is 0 Å². The molecule has 0 atom stereocenters. The van der Waals surface area contributed by atoms with Gasteiger partial charge < -0.3 is 9.64 Å². The Labute approximate surface area is 145 Å². The molecule has 1 aliphatic rings. The van der Waals surface area contributed by atoms with Crippen molar-refractivity contribution in [3.63, 3.8) is 0 Å². The van der Waals surface area contributed by atoms with Crippen molar-refractivity contribution in [3.05, 3.63) is 30.3 Å². The van der Waals surface area contributed by atoms with E-state index in [2.05, 4.69) is 4.90 Å². The van der Waals surface area contributed by atoms with E-state index in [0.29, 0.717) is 19.7 Å². The zero-order valence-electron chi connectivity index (χ0n) is 14.3. The molecular formula is C17H24F3N3O2. The smallest absolute Gasteiger partial charge is 0.406 e. The molecule has 0 unspecified atom stereocenters. The molecule has 0 spiro atoms. The van der Waals surface area contributed by atoms with Crippen molar-refractivity contribution in [2.45, 2.75) is 6.18 Å². The fraction of sp³-hybridized carbons (Fsp3) is 0.588. The highest BCUT2D eigenvalue weighted by Crippen LogP contribution is 2.15. The van der Waals surface area contributed by atoms with Crippen LogP contribution < -0.4 is 4.74 Å². The summed E-state index contributed by atoms with van der Waals surface area (Å²) in [6.07, 6.45) is -4.36. The molecule has 0 N–H and O–H groups in total. The number of likely N-dealkylation sites (N-methyl/N-ethyl adjacent to an activating group) is 1. The molecular weight excluding hydrogens is 335 g/mol. The maximum absolute atomic E-state index is 12.3. The van der Waals surface area contributed by atoms with E-state index < -0.39 is 18.6 Å². The molecule has 1 aromatic rings. The van der Waals surface area contributed by atoms with Gasteiger partial charge in [0, 0.05) is 39.8 Å². The van der Waals surface area contributed by atoms with Crippen LogP contribution in [0.4, 0.5) is 13.2 Å². The second-order valence-electron chi connectivity index (χ2n) is 6.14. The average molecular weight is 359 g/mol. The van der Waals surface area contributed by atoms with Crippen LogP contribution in [0.25, 0.3) is 0 Å². The Kier molecular flexibility index (Phi) is 7.07. The molecule has 1 saturated heterocycles. The van der Waals surface area contributed by atoms with Crippen LogP contribution in [-0.4, -0.2) is 86.3 Å². The zero-order chi connectivity index (χ0) is 18.3. The number of rotatable bonds is 7. The number of carbonyl (C=O) groups excluding carboxylic acids is 1. The molecule has 5 nitrogen and oxygen atoms in total. The first-order chi connectivity index (χ1) is 11.8. The SMILES string of the molecule is CN(CC(F)(F)F)C(=O)CN1CCN(CCOc2ccccc2)CC1. The molecule has 140 valence electrons. The number of nitrogens with zero attached hydrogens (tertiary/aromatic N) is 3. The van der Waals surface area contributed by atoms with Gasteiger partial charge >= 0.3 is 6.18 Å². The van der Waals surface area contributed by atoms with Crippen molar-refractivity contribution in [1.82, 2.24) is 14.7 Å². The Hall–Kier alpha value is -1.80. The first kappa shape index (κ1) is 19.5. The predicted molar refractivity (Wildman–Crippen MR) is 88.5 cm³/mol. The molecule has 1 fully saturated rings. The molecule has 0 bridgehead atoms. The zero-order valence-corrected chi connectivity index (χ0v) is 14.3. The number of para-hydroxylation sites is 1. The van der Waals surface area contributed by atoms with Gasteiger partial charge in [-0.1, -0.05) is 18.2 Å². The van der Waals surface area contributed by atoms with Crippen molar-refractivity contribution in [2.75, 3.05) is 59.5 Å². The summed E-state index contributed by atoms with van der Waals surface area (Å²) in [5.41, 5.74) is 0. The third-order valence-corrected chi connectivity index (χ3v) is 4.09. The number of piperazine rings is 1. The summed E-state index contributed by atoms with van der Waals surface area (Å²) in [4.78, 5) is 16.7. The van der Waals surface area contributed by atoms with Crippen LogP contribution in [-0.2, 0) is 4.79 Å². The van der Waals surface area contributed by atoms with Crippen LogP contribution in [0.1, 0.15) is 0 Å². The van der Waals surface area contributed by atoms with E-state index in [9.17, 15) is 18.0 Å². The van der Waals surface area contributed by atoms with Crippen molar-refractivity contribution in [1.29, 1.82) is 0 Å². The summed E-state index contributed by atoms with van der Waals surface area (Å²) in [5.74, 6) is 0.331. The van der Waals surface area contributed by atoms with E-state index in [1.165, 1.54) is 7.05 Å². The Morgan fingerprint density at radius 3 is 2.32 bits per heavy atom. The maximum atomic E-state index is 12.3. The van der Waals surface area contributed by atoms with Crippen molar-refractivity contribution < 1.29 is 22.7 Å². The first-order valence-electron chi connectivity index (χ1n) is 8.27. The van der Waals surface area contributed by atoms with E-state index in [0.717, 1.165) is 30.3 Å². The van der Waals surface area contributed by atoms with E-state index in [1.54, 1.807) is 0 Å². The molecule has 0 aliphatic carbocycles. The second kappa shape index (κ2) is 9.05. The van der Waals surface area contributed by atoms with Gasteiger partial charge in [0.25, 0.3) is 0 Å². The van der Waals surface area contributed by atoms with Gasteiger partial charge in [0.05, 0.1) is 6.54 Å². The van der Waals surface area contributed by atoms with Crippen LogP contribution in [0.5, 0.6) is 5.75 Å². The maximum Gasteiger partial charge on any atom is 0.406 e. The summed E-state index contributed by atoms with van der Waals surface area (Å²) < 4.78 is 42.6. The molecule has 1 heterocycles. The normalized spacial score (nSPS) is 16.6. The van der Waals surface area contributed by atoms with Gasteiger partial charge in [-0.3, -0.25) is 14.6 Å². The van der Waals surface area contributed by atoms with Gasteiger partial charge in [-0.25, -0.2) is 0 Å². The quantitative estimate of drug-likeness (QED) is 0.743. The highest BCUT2D eigenvalue weighted by Gasteiger charge is 2.31. The van der Waals surface area contributed by atoms with E-state index in [-0.39, 0.29) is 6.54 Å². The number of hydrogen-bond donors (Lipinski definition) is 0. The molecule has 1 amide bonds. The van der Waals surface area contributed by atoms with Crippen molar-refractivity contribution >= 4 is 5.91 Å². The number of halogens is 3. The lowest BCUT2D eigenvalue weighted by Crippen LogP contribution is -2.51. The molecule has 0 aromatic heterocycles. The lowest BCUT2D eigenvalue weighted by molar-refractivity contribution is -0.159. The number of hydrogen-bond acceptors (Lipinski definition) is 4. The first-order valence-corrected chi connectivity index (χ1v) is 8.27. The predicted octanol–water partition coefficient (Wildman–Crippen LogP) is 1.70. The van der Waals surface area contributed by atoms with E-state index in [4.69, 9.17) is 4.74 Å². The summed E-state index contributed by atoms with van der Waals surface area (Å²) >= 11 is 0. The summed E-state index contributed by atoms with van der Waals surface area (Å²) in [6, 6.07) is 9.57. The number of alkyl halides is 3. The average Bonchev–Trinajstić information content (AvgIpc) is 2.56. The molecule has 25 heavy (non-hydrogen) atoms. The van der Waals surface area contributed by atoms with E-state index in [1.807, 2.05) is 35.2 Å². The minimum Gasteiger partial charge on any atom is -0.492 e. The molecule has 2 rings (SSSR count). The summed E-state index contributed by atoms with van der Waals surface area (Å²) in [5, 5.41) is 0. The molecule has 8 heteroatoms. The van der Waals surface area contributed by atoms with Crippen molar-refractivity contribution in [3.8, 4) is 5.75 Å². The monoisotopic (exact) mass is 359 g/mol. The van der Waals surface area contributed by atoms with E-state index >= 15 is 0 Å². The van der Waals surface area contributed by atoms with Gasteiger partial charge in [0.2, 0.25) is 5.91 Å². The van der Waals surface area contributed by atoms with Gasteiger partial charge in [-0.05, 0) is 12.1 Å². The number of carbonyl (C=O) groups is 1. The van der Waals surface area contributed by atoms with Crippen LogP contribution in [0.3, 0.4) is 0 Å². The highest BCUT2D eigenvalue weighted by molar-refractivity contribution is 5.78. The van der Waals surface area contributed by atoms with Crippen LogP contribution in [0, 0.1) is 0 Å². The molecule has 0 radical (unpaired) electrons. The van der Waals surface area contributed by atoms with Crippen LogP contribution in [0.15, 0.2) is 30.3 Å². The minimum absolute atomic E-state index is 0.0287. The Morgan fingerprint density at radius 2 is 1.72 bits per heavy atom. The molecule has 1 aromatic carbocycles. The molecule has 0 saturated carbocycles.